The lowest BCUT2D eigenvalue weighted by atomic mass is 9.75. The molecule has 1 amide bonds. The van der Waals surface area contributed by atoms with Crippen LogP contribution in [0, 0.1) is 12.8 Å². The number of likely N-dealkylation sites (tertiary alicyclic amines) is 1. The summed E-state index contributed by atoms with van der Waals surface area (Å²) in [7, 11) is 1.69. The Bertz CT molecular complexity index is 876. The van der Waals surface area contributed by atoms with Crippen LogP contribution in [-0.4, -0.2) is 64.5 Å². The first-order valence-electron chi connectivity index (χ1n) is 10.1. The zero-order chi connectivity index (χ0) is 19.3. The van der Waals surface area contributed by atoms with Crippen molar-refractivity contribution in [3.05, 3.63) is 53.6 Å². The number of carbonyl (C=O) groups is 1. The van der Waals surface area contributed by atoms with E-state index < -0.39 is 0 Å². The zero-order valence-corrected chi connectivity index (χ0v) is 16.4. The summed E-state index contributed by atoms with van der Waals surface area (Å²) in [6.07, 6.45) is 5.55. The van der Waals surface area contributed by atoms with E-state index in [1.807, 2.05) is 19.1 Å². The molecule has 0 N–H and O–H groups in total. The molecule has 4 saturated heterocycles. The van der Waals surface area contributed by atoms with E-state index in [4.69, 9.17) is 4.74 Å². The molecule has 4 fully saturated rings. The maximum absolute atomic E-state index is 13.5. The molecule has 3 atom stereocenters. The van der Waals surface area contributed by atoms with Gasteiger partial charge in [0.2, 0.25) is 0 Å². The van der Waals surface area contributed by atoms with Crippen LogP contribution in [0.5, 0.6) is 5.75 Å². The Kier molecular flexibility index (Phi) is 4.31. The molecule has 146 valence electrons. The van der Waals surface area contributed by atoms with E-state index in [2.05, 4.69) is 31.9 Å². The predicted octanol–water partition coefficient (Wildman–Crippen LogP) is 2.50. The van der Waals surface area contributed by atoms with Crippen LogP contribution < -0.4 is 4.74 Å². The number of ether oxygens (including phenoxy) is 1. The first-order chi connectivity index (χ1) is 13.7. The van der Waals surface area contributed by atoms with Crippen LogP contribution in [0.2, 0.25) is 0 Å². The lowest BCUT2D eigenvalue weighted by molar-refractivity contribution is -0.00345. The third-order valence-electron chi connectivity index (χ3n) is 6.94. The fourth-order valence-electron chi connectivity index (χ4n) is 5.55. The summed E-state index contributed by atoms with van der Waals surface area (Å²) in [6.45, 7) is 4.93. The number of hydrogen-bond donors (Lipinski definition) is 0. The van der Waals surface area contributed by atoms with Gasteiger partial charge in [-0.05, 0) is 56.5 Å². The highest BCUT2D eigenvalue weighted by Crippen LogP contribution is 2.47. The Morgan fingerprint density at radius 1 is 1.14 bits per heavy atom. The number of hydrogen-bond acceptors (Lipinski definition) is 5. The summed E-state index contributed by atoms with van der Waals surface area (Å²) in [5.41, 5.74) is 2.68. The van der Waals surface area contributed by atoms with Gasteiger partial charge in [0, 0.05) is 24.7 Å². The standard InChI is InChI=1S/C22H26N4O2/c1-14-18(11-23-13-24-14)22(27)26-12-19(15-3-5-17(28-2)6-4-15)21-20(26)16-7-9-25(21)10-8-16/h3-6,11,13,16,19-21H,7-10,12H2,1-2H3/t19-,20+,21+/m1/s1. The van der Waals surface area contributed by atoms with Gasteiger partial charge in [0.05, 0.1) is 24.4 Å². The highest BCUT2D eigenvalue weighted by Gasteiger charge is 2.54. The largest absolute Gasteiger partial charge is 0.497 e. The molecule has 6 nitrogen and oxygen atoms in total. The minimum absolute atomic E-state index is 0.0814. The Morgan fingerprint density at radius 2 is 1.89 bits per heavy atom. The average Bonchev–Trinajstić information content (AvgIpc) is 3.17. The number of aryl methyl sites for hydroxylation is 1. The van der Waals surface area contributed by atoms with Crippen molar-refractivity contribution in [2.75, 3.05) is 26.7 Å². The number of nitrogens with zero attached hydrogens (tertiary/aromatic N) is 4. The topological polar surface area (TPSA) is 58.6 Å². The highest BCUT2D eigenvalue weighted by molar-refractivity contribution is 5.95. The maximum Gasteiger partial charge on any atom is 0.257 e. The molecule has 2 aromatic rings. The summed E-state index contributed by atoms with van der Waals surface area (Å²) >= 11 is 0. The number of amides is 1. The molecule has 28 heavy (non-hydrogen) atoms. The van der Waals surface area contributed by atoms with Gasteiger partial charge < -0.3 is 9.64 Å². The Hall–Kier alpha value is -2.47. The number of methoxy groups -OCH3 is 1. The summed E-state index contributed by atoms with van der Waals surface area (Å²) in [5, 5.41) is 0. The molecule has 6 rings (SSSR count). The molecular weight excluding hydrogens is 352 g/mol. The monoisotopic (exact) mass is 378 g/mol. The molecule has 4 aliphatic heterocycles. The lowest BCUT2D eigenvalue weighted by Crippen LogP contribution is -2.60. The number of aromatic nitrogens is 2. The number of rotatable bonds is 3. The van der Waals surface area contributed by atoms with Crippen molar-refractivity contribution in [1.82, 2.24) is 19.8 Å². The molecule has 0 saturated carbocycles. The minimum Gasteiger partial charge on any atom is -0.497 e. The van der Waals surface area contributed by atoms with Crippen molar-refractivity contribution in [3.63, 3.8) is 0 Å². The van der Waals surface area contributed by atoms with Gasteiger partial charge in [0.25, 0.3) is 5.91 Å². The van der Waals surface area contributed by atoms with E-state index in [9.17, 15) is 4.79 Å². The van der Waals surface area contributed by atoms with Crippen LogP contribution >= 0.6 is 0 Å². The minimum atomic E-state index is 0.0814. The number of fused-ring (bicyclic) bond motifs is 2. The van der Waals surface area contributed by atoms with Gasteiger partial charge in [-0.2, -0.15) is 0 Å². The molecular formula is C22H26N4O2. The smallest absolute Gasteiger partial charge is 0.257 e. The SMILES string of the molecule is COc1ccc([C@H]2CN(C(=O)c3cncnc3C)[C@H]3C4CCN(CC4)[C@@H]23)cc1. The van der Waals surface area contributed by atoms with Gasteiger partial charge in [0.1, 0.15) is 12.1 Å². The fraction of sp³-hybridized carbons (Fsp3) is 0.500. The molecule has 0 radical (unpaired) electrons. The fourth-order valence-corrected chi connectivity index (χ4v) is 5.55. The zero-order valence-electron chi connectivity index (χ0n) is 16.4. The van der Waals surface area contributed by atoms with Crippen LogP contribution in [0.3, 0.4) is 0 Å². The highest BCUT2D eigenvalue weighted by atomic mass is 16.5. The van der Waals surface area contributed by atoms with E-state index >= 15 is 0 Å². The first kappa shape index (κ1) is 17.6. The van der Waals surface area contributed by atoms with Gasteiger partial charge in [-0.3, -0.25) is 9.69 Å². The van der Waals surface area contributed by atoms with Crippen molar-refractivity contribution >= 4 is 5.91 Å². The summed E-state index contributed by atoms with van der Waals surface area (Å²) < 4.78 is 5.33. The molecule has 0 aliphatic carbocycles. The normalized spacial score (nSPS) is 30.9. The number of benzene rings is 1. The van der Waals surface area contributed by atoms with E-state index in [0.29, 0.717) is 23.4 Å². The van der Waals surface area contributed by atoms with Gasteiger partial charge in [-0.25, -0.2) is 9.97 Å². The van der Waals surface area contributed by atoms with Crippen LogP contribution in [0.1, 0.15) is 40.4 Å². The molecule has 6 heteroatoms. The Labute approximate surface area is 165 Å². The third-order valence-corrected chi connectivity index (χ3v) is 6.94. The van der Waals surface area contributed by atoms with E-state index in [-0.39, 0.29) is 11.9 Å². The second kappa shape index (κ2) is 6.85. The van der Waals surface area contributed by atoms with Crippen molar-refractivity contribution in [3.8, 4) is 5.75 Å². The molecule has 1 aromatic carbocycles. The molecule has 0 spiro atoms. The van der Waals surface area contributed by atoms with Crippen LogP contribution in [0.25, 0.3) is 0 Å². The van der Waals surface area contributed by atoms with E-state index in [0.717, 1.165) is 31.1 Å². The number of carbonyl (C=O) groups excluding carboxylic acids is 1. The average molecular weight is 378 g/mol. The molecule has 1 aromatic heterocycles. The predicted molar refractivity (Wildman–Crippen MR) is 105 cm³/mol. The molecule has 2 bridgehead atoms. The van der Waals surface area contributed by atoms with Crippen molar-refractivity contribution in [2.45, 2.75) is 37.8 Å². The first-order valence-corrected chi connectivity index (χ1v) is 10.1. The maximum atomic E-state index is 13.5. The van der Waals surface area contributed by atoms with E-state index in [1.165, 1.54) is 24.7 Å². The van der Waals surface area contributed by atoms with E-state index in [1.54, 1.807) is 13.3 Å². The molecule has 0 unspecified atom stereocenters. The summed E-state index contributed by atoms with van der Waals surface area (Å²) in [4.78, 5) is 26.6. The van der Waals surface area contributed by atoms with Gasteiger partial charge in [-0.15, -0.1) is 0 Å². The van der Waals surface area contributed by atoms with Crippen molar-refractivity contribution in [1.29, 1.82) is 0 Å². The second-order valence-corrected chi connectivity index (χ2v) is 8.21. The van der Waals surface area contributed by atoms with Gasteiger partial charge in [-0.1, -0.05) is 12.1 Å². The summed E-state index contributed by atoms with van der Waals surface area (Å²) in [6, 6.07) is 9.06. The van der Waals surface area contributed by atoms with Crippen molar-refractivity contribution < 1.29 is 9.53 Å². The third kappa shape index (κ3) is 2.70. The van der Waals surface area contributed by atoms with Crippen molar-refractivity contribution in [2.24, 2.45) is 5.92 Å². The Balaban J connectivity index is 1.52. The molecule has 5 heterocycles. The van der Waals surface area contributed by atoms with Crippen LogP contribution in [0.4, 0.5) is 0 Å². The van der Waals surface area contributed by atoms with Gasteiger partial charge in [0.15, 0.2) is 0 Å². The number of piperidine rings is 3. The van der Waals surface area contributed by atoms with Crippen LogP contribution in [0.15, 0.2) is 36.8 Å². The molecule has 4 aliphatic rings. The van der Waals surface area contributed by atoms with Crippen LogP contribution in [-0.2, 0) is 0 Å². The summed E-state index contributed by atoms with van der Waals surface area (Å²) in [5.74, 6) is 1.87. The Morgan fingerprint density at radius 3 is 2.57 bits per heavy atom. The second-order valence-electron chi connectivity index (χ2n) is 8.21. The van der Waals surface area contributed by atoms with Gasteiger partial charge >= 0.3 is 0 Å². The lowest BCUT2D eigenvalue weighted by Gasteiger charge is -2.51. The quantitative estimate of drug-likeness (QED) is 0.821.